The van der Waals surface area contributed by atoms with Gasteiger partial charge in [0.15, 0.2) is 0 Å². The number of carbonyl (C=O) groups is 2. The second kappa shape index (κ2) is 3.84. The van der Waals surface area contributed by atoms with Crippen LogP contribution in [0.5, 0.6) is 5.75 Å². The van der Waals surface area contributed by atoms with Gasteiger partial charge in [0.25, 0.3) is 0 Å². The zero-order valence-corrected chi connectivity index (χ0v) is 8.46. The highest BCUT2D eigenvalue weighted by molar-refractivity contribution is 6.07. The number of hydrogen-bond donors (Lipinski definition) is 2. The van der Waals surface area contributed by atoms with Crippen molar-refractivity contribution in [3.05, 3.63) is 24.3 Å². The van der Waals surface area contributed by atoms with Gasteiger partial charge in [-0.2, -0.15) is 0 Å². The van der Waals surface area contributed by atoms with Gasteiger partial charge in [-0.3, -0.25) is 9.59 Å². The van der Waals surface area contributed by atoms with E-state index in [0.29, 0.717) is 18.7 Å². The number of phenols is 1. The van der Waals surface area contributed by atoms with Crippen molar-refractivity contribution < 1.29 is 19.8 Å². The first-order valence-electron chi connectivity index (χ1n) is 4.93. The molecule has 0 radical (unpaired) electrons. The Morgan fingerprint density at radius 1 is 1.31 bits per heavy atom. The van der Waals surface area contributed by atoms with E-state index >= 15 is 0 Å². The SMILES string of the molecule is O=C(O)C1CCN(c2ccc(O)cc2)C1=O. The molecule has 1 saturated heterocycles. The third-order valence-corrected chi connectivity index (χ3v) is 2.66. The zero-order valence-electron chi connectivity index (χ0n) is 8.46. The molecule has 1 fully saturated rings. The molecule has 0 aromatic heterocycles. The lowest BCUT2D eigenvalue weighted by Crippen LogP contribution is -2.29. The van der Waals surface area contributed by atoms with Crippen LogP contribution in [0.25, 0.3) is 0 Å². The minimum Gasteiger partial charge on any atom is -0.508 e. The van der Waals surface area contributed by atoms with E-state index in [0.717, 1.165) is 0 Å². The van der Waals surface area contributed by atoms with Crippen molar-refractivity contribution >= 4 is 17.6 Å². The molecule has 1 aromatic carbocycles. The molecule has 2 N–H and O–H groups in total. The van der Waals surface area contributed by atoms with Gasteiger partial charge in [-0.1, -0.05) is 0 Å². The number of anilines is 1. The summed E-state index contributed by atoms with van der Waals surface area (Å²) in [5, 5.41) is 17.9. The predicted octanol–water partition coefficient (Wildman–Crippen LogP) is 0.830. The molecule has 84 valence electrons. The summed E-state index contributed by atoms with van der Waals surface area (Å²) in [6, 6.07) is 6.13. The normalized spacial score (nSPS) is 20.1. The van der Waals surface area contributed by atoms with E-state index in [9.17, 15) is 9.59 Å². The monoisotopic (exact) mass is 221 g/mol. The first-order chi connectivity index (χ1) is 7.59. The number of aromatic hydroxyl groups is 1. The van der Waals surface area contributed by atoms with Crippen molar-refractivity contribution in [2.75, 3.05) is 11.4 Å². The Balaban J connectivity index is 2.21. The Morgan fingerprint density at radius 3 is 2.44 bits per heavy atom. The van der Waals surface area contributed by atoms with Crippen LogP contribution in [0.4, 0.5) is 5.69 Å². The fraction of sp³-hybridized carbons (Fsp3) is 0.273. The van der Waals surface area contributed by atoms with E-state index in [1.54, 1.807) is 12.1 Å². The number of benzene rings is 1. The molecular formula is C11H11NO4. The average Bonchev–Trinajstić information content (AvgIpc) is 2.61. The third kappa shape index (κ3) is 1.71. The van der Waals surface area contributed by atoms with Gasteiger partial charge in [-0.25, -0.2) is 0 Å². The Kier molecular flexibility index (Phi) is 2.52. The van der Waals surface area contributed by atoms with E-state index in [1.165, 1.54) is 17.0 Å². The van der Waals surface area contributed by atoms with Gasteiger partial charge < -0.3 is 15.1 Å². The molecule has 1 heterocycles. The molecule has 1 aromatic rings. The molecule has 16 heavy (non-hydrogen) atoms. The first-order valence-corrected chi connectivity index (χ1v) is 4.93. The number of carboxylic acid groups (broad SMARTS) is 1. The number of amides is 1. The lowest BCUT2D eigenvalue weighted by Gasteiger charge is -2.15. The highest BCUT2D eigenvalue weighted by Gasteiger charge is 2.37. The van der Waals surface area contributed by atoms with Crippen LogP contribution in [0.2, 0.25) is 0 Å². The van der Waals surface area contributed by atoms with Crippen molar-refractivity contribution in [2.24, 2.45) is 5.92 Å². The smallest absolute Gasteiger partial charge is 0.316 e. The number of carbonyl (C=O) groups excluding carboxylic acids is 1. The van der Waals surface area contributed by atoms with Crippen molar-refractivity contribution in [1.82, 2.24) is 0 Å². The van der Waals surface area contributed by atoms with Gasteiger partial charge in [0.05, 0.1) is 0 Å². The van der Waals surface area contributed by atoms with E-state index in [4.69, 9.17) is 10.2 Å². The summed E-state index contributed by atoms with van der Waals surface area (Å²) in [5.74, 6) is -2.29. The van der Waals surface area contributed by atoms with Gasteiger partial charge in [0.1, 0.15) is 11.7 Å². The molecule has 0 bridgehead atoms. The minimum atomic E-state index is -1.08. The maximum atomic E-state index is 11.7. The average molecular weight is 221 g/mol. The largest absolute Gasteiger partial charge is 0.508 e. The number of hydrogen-bond acceptors (Lipinski definition) is 3. The summed E-state index contributed by atoms with van der Waals surface area (Å²) in [7, 11) is 0. The van der Waals surface area contributed by atoms with E-state index in [-0.39, 0.29) is 5.75 Å². The number of aliphatic carboxylic acids is 1. The molecule has 0 aliphatic carbocycles. The summed E-state index contributed by atoms with van der Waals surface area (Å²) >= 11 is 0. The quantitative estimate of drug-likeness (QED) is 0.725. The molecular weight excluding hydrogens is 210 g/mol. The third-order valence-electron chi connectivity index (χ3n) is 2.66. The zero-order chi connectivity index (χ0) is 11.7. The Hall–Kier alpha value is -2.04. The lowest BCUT2D eigenvalue weighted by atomic mass is 10.1. The lowest BCUT2D eigenvalue weighted by molar-refractivity contribution is -0.144. The minimum absolute atomic E-state index is 0.116. The summed E-state index contributed by atoms with van der Waals surface area (Å²) in [6.07, 6.45) is 0.328. The molecule has 2 rings (SSSR count). The molecule has 5 heteroatoms. The molecule has 5 nitrogen and oxygen atoms in total. The Morgan fingerprint density at radius 2 is 1.94 bits per heavy atom. The topological polar surface area (TPSA) is 77.8 Å². The molecule has 1 unspecified atom stereocenters. The van der Waals surface area contributed by atoms with E-state index < -0.39 is 17.8 Å². The van der Waals surface area contributed by atoms with Crippen LogP contribution in [-0.4, -0.2) is 28.6 Å². The summed E-state index contributed by atoms with van der Waals surface area (Å²) in [4.78, 5) is 23.9. The standard InChI is InChI=1S/C11H11NO4/c13-8-3-1-7(2-4-8)12-6-5-9(10(12)14)11(15)16/h1-4,9,13H,5-6H2,(H,15,16). The van der Waals surface area contributed by atoms with Crippen LogP contribution in [0.1, 0.15) is 6.42 Å². The van der Waals surface area contributed by atoms with Crippen molar-refractivity contribution in [3.8, 4) is 5.75 Å². The second-order valence-corrected chi connectivity index (χ2v) is 3.69. The van der Waals surface area contributed by atoms with Crippen LogP contribution in [0.15, 0.2) is 24.3 Å². The fourth-order valence-corrected chi connectivity index (χ4v) is 1.80. The van der Waals surface area contributed by atoms with Crippen molar-refractivity contribution in [1.29, 1.82) is 0 Å². The van der Waals surface area contributed by atoms with E-state index in [2.05, 4.69) is 0 Å². The highest BCUT2D eigenvalue weighted by Crippen LogP contribution is 2.26. The van der Waals surface area contributed by atoms with Gasteiger partial charge in [-0.15, -0.1) is 0 Å². The van der Waals surface area contributed by atoms with Crippen molar-refractivity contribution in [2.45, 2.75) is 6.42 Å². The molecule has 1 amide bonds. The maximum absolute atomic E-state index is 11.7. The first kappa shape index (κ1) is 10.5. The molecule has 1 aliphatic rings. The van der Waals surface area contributed by atoms with Gasteiger partial charge in [0.2, 0.25) is 5.91 Å². The van der Waals surface area contributed by atoms with Crippen LogP contribution in [0, 0.1) is 5.92 Å². The van der Waals surface area contributed by atoms with Crippen LogP contribution < -0.4 is 4.90 Å². The predicted molar refractivity (Wildman–Crippen MR) is 56.2 cm³/mol. The molecule has 0 spiro atoms. The Bertz CT molecular complexity index is 426. The summed E-state index contributed by atoms with van der Waals surface area (Å²) < 4.78 is 0. The van der Waals surface area contributed by atoms with Crippen LogP contribution >= 0.6 is 0 Å². The number of phenolic OH excluding ortho intramolecular Hbond substituents is 1. The maximum Gasteiger partial charge on any atom is 0.316 e. The molecule has 1 atom stereocenters. The van der Waals surface area contributed by atoms with Gasteiger partial charge in [0, 0.05) is 12.2 Å². The summed E-state index contributed by atoms with van der Waals surface area (Å²) in [6.45, 7) is 0.403. The van der Waals surface area contributed by atoms with Crippen LogP contribution in [-0.2, 0) is 9.59 Å². The Labute approximate surface area is 91.9 Å². The summed E-state index contributed by atoms with van der Waals surface area (Å²) in [5.41, 5.74) is 0.617. The number of nitrogens with zero attached hydrogens (tertiary/aromatic N) is 1. The van der Waals surface area contributed by atoms with Gasteiger partial charge >= 0.3 is 5.97 Å². The second-order valence-electron chi connectivity index (χ2n) is 3.69. The highest BCUT2D eigenvalue weighted by atomic mass is 16.4. The van der Waals surface area contributed by atoms with Gasteiger partial charge in [-0.05, 0) is 30.7 Å². The fourth-order valence-electron chi connectivity index (χ4n) is 1.80. The number of rotatable bonds is 2. The van der Waals surface area contributed by atoms with Crippen molar-refractivity contribution in [3.63, 3.8) is 0 Å². The molecule has 0 saturated carbocycles. The number of carboxylic acids is 1. The molecule has 1 aliphatic heterocycles. The van der Waals surface area contributed by atoms with Crippen LogP contribution in [0.3, 0.4) is 0 Å². The van der Waals surface area contributed by atoms with E-state index in [1.807, 2.05) is 0 Å².